The van der Waals surface area contributed by atoms with Crippen molar-refractivity contribution in [2.75, 3.05) is 6.54 Å². The van der Waals surface area contributed by atoms with Crippen molar-refractivity contribution in [3.8, 4) is 11.1 Å². The Morgan fingerprint density at radius 1 is 0.895 bits per heavy atom. The van der Waals surface area contributed by atoms with Gasteiger partial charge in [0.1, 0.15) is 0 Å². The molecule has 0 spiro atoms. The number of nitrogens with one attached hydrogen (secondary N) is 1. The third kappa shape index (κ3) is 2.57. The smallest absolute Gasteiger partial charge is 0.0320 e. The summed E-state index contributed by atoms with van der Waals surface area (Å²) in [4.78, 5) is 0. The molecule has 1 atom stereocenters. The summed E-state index contributed by atoms with van der Waals surface area (Å²) in [5.41, 5.74) is 6.76. The predicted octanol–water partition coefficient (Wildman–Crippen LogP) is 4.39. The lowest BCUT2D eigenvalue weighted by Crippen LogP contribution is -2.12. The largest absolute Gasteiger partial charge is 0.310 e. The maximum atomic E-state index is 3.55. The quantitative estimate of drug-likeness (QED) is 0.834. The summed E-state index contributed by atoms with van der Waals surface area (Å²) in [7, 11) is 0. The van der Waals surface area contributed by atoms with Gasteiger partial charge in [-0.2, -0.15) is 0 Å². The lowest BCUT2D eigenvalue weighted by atomic mass is 9.98. The molecule has 19 heavy (non-hydrogen) atoms. The van der Waals surface area contributed by atoms with E-state index in [9.17, 15) is 0 Å². The summed E-state index contributed by atoms with van der Waals surface area (Å²) >= 11 is 0. The molecule has 0 bridgehead atoms. The summed E-state index contributed by atoms with van der Waals surface area (Å²) in [5, 5.41) is 3.55. The van der Waals surface area contributed by atoms with Crippen LogP contribution in [0.25, 0.3) is 11.1 Å². The fourth-order valence-electron chi connectivity index (χ4n) is 2.80. The topological polar surface area (TPSA) is 12.0 Å². The highest BCUT2D eigenvalue weighted by Gasteiger charge is 2.15. The molecule has 3 rings (SSSR count). The summed E-state index contributed by atoms with van der Waals surface area (Å²) in [5.74, 6) is 0. The van der Waals surface area contributed by atoms with Crippen LogP contribution in [0.1, 0.15) is 35.6 Å². The average molecular weight is 251 g/mol. The van der Waals surface area contributed by atoms with Gasteiger partial charge in [-0.25, -0.2) is 0 Å². The molecule has 1 heteroatoms. The van der Waals surface area contributed by atoms with Gasteiger partial charge in [0, 0.05) is 6.04 Å². The van der Waals surface area contributed by atoms with Gasteiger partial charge in [-0.05, 0) is 61.1 Å². The molecule has 1 fully saturated rings. The van der Waals surface area contributed by atoms with Crippen molar-refractivity contribution in [2.45, 2.75) is 32.7 Å². The summed E-state index contributed by atoms with van der Waals surface area (Å²) in [6, 6.07) is 16.3. The van der Waals surface area contributed by atoms with Crippen LogP contribution in [0.15, 0.2) is 42.5 Å². The first-order chi connectivity index (χ1) is 9.24. The number of aryl methyl sites for hydroxylation is 2. The minimum Gasteiger partial charge on any atom is -0.310 e. The fraction of sp³-hybridized carbons (Fsp3) is 0.333. The van der Waals surface area contributed by atoms with Crippen LogP contribution in [0, 0.1) is 13.8 Å². The highest BCUT2D eigenvalue weighted by atomic mass is 14.9. The van der Waals surface area contributed by atoms with Crippen LogP contribution in [-0.4, -0.2) is 6.54 Å². The zero-order chi connectivity index (χ0) is 13.2. The van der Waals surface area contributed by atoms with E-state index in [1.165, 1.54) is 40.7 Å². The molecular formula is C18H21N. The van der Waals surface area contributed by atoms with Crippen LogP contribution >= 0.6 is 0 Å². The van der Waals surface area contributed by atoms with E-state index in [1.807, 2.05) is 0 Å². The lowest BCUT2D eigenvalue weighted by Gasteiger charge is -2.12. The van der Waals surface area contributed by atoms with Crippen LogP contribution in [0.4, 0.5) is 0 Å². The third-order valence-electron chi connectivity index (χ3n) is 4.21. The molecule has 0 saturated carbocycles. The van der Waals surface area contributed by atoms with Crippen molar-refractivity contribution in [3.05, 3.63) is 59.2 Å². The van der Waals surface area contributed by atoms with E-state index in [0.29, 0.717) is 6.04 Å². The van der Waals surface area contributed by atoms with Crippen LogP contribution in [0.2, 0.25) is 0 Å². The number of benzene rings is 2. The molecule has 1 aliphatic rings. The Balaban J connectivity index is 1.87. The van der Waals surface area contributed by atoms with Gasteiger partial charge in [-0.3, -0.25) is 0 Å². The minimum absolute atomic E-state index is 0.564. The molecule has 0 amide bonds. The Morgan fingerprint density at radius 2 is 1.63 bits per heavy atom. The fourth-order valence-corrected chi connectivity index (χ4v) is 2.80. The number of hydrogen-bond acceptors (Lipinski definition) is 1. The Morgan fingerprint density at radius 3 is 2.26 bits per heavy atom. The van der Waals surface area contributed by atoms with Crippen LogP contribution in [0.3, 0.4) is 0 Å². The molecule has 0 aromatic heterocycles. The molecule has 1 aliphatic heterocycles. The van der Waals surface area contributed by atoms with Gasteiger partial charge in [-0.1, -0.05) is 42.5 Å². The van der Waals surface area contributed by atoms with Crippen LogP contribution < -0.4 is 5.32 Å². The number of hydrogen-bond donors (Lipinski definition) is 1. The first kappa shape index (κ1) is 12.4. The SMILES string of the molecule is Cc1ccc(-c2ccc(C3CCCN3)cc2)cc1C. The highest BCUT2D eigenvalue weighted by molar-refractivity contribution is 5.65. The maximum Gasteiger partial charge on any atom is 0.0320 e. The van der Waals surface area contributed by atoms with Crippen molar-refractivity contribution in [2.24, 2.45) is 0 Å². The van der Waals surface area contributed by atoms with Crippen LogP contribution in [0.5, 0.6) is 0 Å². The zero-order valence-corrected chi connectivity index (χ0v) is 11.7. The Kier molecular flexibility index (Phi) is 3.39. The second-order valence-corrected chi connectivity index (χ2v) is 5.57. The monoisotopic (exact) mass is 251 g/mol. The van der Waals surface area contributed by atoms with E-state index in [-0.39, 0.29) is 0 Å². The summed E-state index contributed by atoms with van der Waals surface area (Å²) in [6.07, 6.45) is 2.56. The minimum atomic E-state index is 0.564. The van der Waals surface area contributed by atoms with Gasteiger partial charge in [-0.15, -0.1) is 0 Å². The first-order valence-corrected chi connectivity index (χ1v) is 7.15. The van der Waals surface area contributed by atoms with E-state index in [4.69, 9.17) is 0 Å². The van der Waals surface area contributed by atoms with Crippen molar-refractivity contribution >= 4 is 0 Å². The van der Waals surface area contributed by atoms with Crippen molar-refractivity contribution < 1.29 is 0 Å². The second kappa shape index (κ2) is 5.18. The second-order valence-electron chi connectivity index (χ2n) is 5.57. The zero-order valence-electron chi connectivity index (χ0n) is 11.7. The van der Waals surface area contributed by atoms with Gasteiger partial charge < -0.3 is 5.32 Å². The number of rotatable bonds is 2. The standard InChI is InChI=1S/C18H21N/c1-13-5-6-17(12-14(13)2)15-7-9-16(10-8-15)18-4-3-11-19-18/h5-10,12,18-19H,3-4,11H2,1-2H3. The first-order valence-electron chi connectivity index (χ1n) is 7.15. The van der Waals surface area contributed by atoms with Gasteiger partial charge in [0.2, 0.25) is 0 Å². The van der Waals surface area contributed by atoms with Crippen molar-refractivity contribution in [3.63, 3.8) is 0 Å². The summed E-state index contributed by atoms with van der Waals surface area (Å²) < 4.78 is 0. The Labute approximate surface area is 115 Å². The maximum absolute atomic E-state index is 3.55. The van der Waals surface area contributed by atoms with Gasteiger partial charge in [0.25, 0.3) is 0 Å². The van der Waals surface area contributed by atoms with Gasteiger partial charge in [0.05, 0.1) is 0 Å². The van der Waals surface area contributed by atoms with E-state index < -0.39 is 0 Å². The lowest BCUT2D eigenvalue weighted by molar-refractivity contribution is 0.648. The molecule has 98 valence electrons. The molecule has 0 aliphatic carbocycles. The summed E-state index contributed by atoms with van der Waals surface area (Å²) in [6.45, 7) is 5.49. The normalized spacial score (nSPS) is 18.7. The molecule has 1 nitrogen and oxygen atoms in total. The molecule has 1 saturated heterocycles. The van der Waals surface area contributed by atoms with E-state index in [0.717, 1.165) is 6.54 Å². The van der Waals surface area contributed by atoms with E-state index >= 15 is 0 Å². The Hall–Kier alpha value is -1.60. The van der Waals surface area contributed by atoms with Crippen LogP contribution in [-0.2, 0) is 0 Å². The molecule has 1 heterocycles. The average Bonchev–Trinajstić information content (AvgIpc) is 2.96. The molecule has 0 radical (unpaired) electrons. The van der Waals surface area contributed by atoms with Crippen molar-refractivity contribution in [1.82, 2.24) is 5.32 Å². The van der Waals surface area contributed by atoms with E-state index in [2.05, 4.69) is 61.6 Å². The Bertz CT molecular complexity index is 563. The molecule has 1 N–H and O–H groups in total. The van der Waals surface area contributed by atoms with Crippen molar-refractivity contribution in [1.29, 1.82) is 0 Å². The highest BCUT2D eigenvalue weighted by Crippen LogP contribution is 2.27. The van der Waals surface area contributed by atoms with E-state index in [1.54, 1.807) is 0 Å². The molecule has 2 aromatic carbocycles. The predicted molar refractivity (Wildman–Crippen MR) is 81.3 cm³/mol. The van der Waals surface area contributed by atoms with Gasteiger partial charge >= 0.3 is 0 Å². The molecular weight excluding hydrogens is 230 g/mol. The van der Waals surface area contributed by atoms with Gasteiger partial charge in [0.15, 0.2) is 0 Å². The molecule has 2 aromatic rings. The third-order valence-corrected chi connectivity index (χ3v) is 4.21. The molecule has 1 unspecified atom stereocenters.